The zero-order valence-electron chi connectivity index (χ0n) is 19.1. The Morgan fingerprint density at radius 3 is 2.65 bits per heavy atom. The summed E-state index contributed by atoms with van der Waals surface area (Å²) in [5, 5.41) is 24.9. The lowest BCUT2D eigenvalue weighted by atomic mass is 9.94. The summed E-state index contributed by atoms with van der Waals surface area (Å²) < 4.78 is 5.51. The van der Waals surface area contributed by atoms with Gasteiger partial charge < -0.3 is 19.7 Å². The molecule has 0 saturated heterocycles. The average Bonchev–Trinajstić information content (AvgIpc) is 3.49. The van der Waals surface area contributed by atoms with Gasteiger partial charge in [0.25, 0.3) is 0 Å². The second kappa shape index (κ2) is 11.0. The van der Waals surface area contributed by atoms with Crippen molar-refractivity contribution in [2.75, 3.05) is 13.2 Å². The number of aliphatic hydroxyl groups is 1. The molecule has 0 spiro atoms. The van der Waals surface area contributed by atoms with Gasteiger partial charge in [0.2, 0.25) is 17.6 Å². The van der Waals surface area contributed by atoms with E-state index in [9.17, 15) is 14.7 Å². The summed E-state index contributed by atoms with van der Waals surface area (Å²) >= 11 is 0. The van der Waals surface area contributed by atoms with Gasteiger partial charge in [0.1, 0.15) is 18.3 Å². The van der Waals surface area contributed by atoms with Gasteiger partial charge in [-0.25, -0.2) is 0 Å². The van der Waals surface area contributed by atoms with E-state index in [1.54, 1.807) is 36.7 Å². The number of nitrogens with one attached hydrogen (secondary N) is 1. The number of hydrogen-bond donors (Lipinski definition) is 2. The Balaban J connectivity index is 1.55. The highest BCUT2D eigenvalue weighted by atomic mass is 16.3. The monoisotopic (exact) mass is 467 g/mol. The van der Waals surface area contributed by atoms with Crippen molar-refractivity contribution in [3.05, 3.63) is 48.0 Å². The van der Waals surface area contributed by atoms with Crippen LogP contribution in [0.15, 0.2) is 41.1 Å². The van der Waals surface area contributed by atoms with Crippen molar-refractivity contribution in [2.24, 2.45) is 0 Å². The molecule has 4 rings (SSSR count). The number of furan rings is 1. The zero-order valence-corrected chi connectivity index (χ0v) is 19.1. The Kier molecular flexibility index (Phi) is 7.63. The zero-order chi connectivity index (χ0) is 23.9. The van der Waals surface area contributed by atoms with Gasteiger partial charge >= 0.3 is 0 Å². The molecule has 11 heteroatoms. The van der Waals surface area contributed by atoms with Gasteiger partial charge in [0, 0.05) is 25.0 Å². The molecule has 2 amide bonds. The number of pyridine rings is 1. The van der Waals surface area contributed by atoms with Crippen LogP contribution in [0.5, 0.6) is 0 Å². The minimum Gasteiger partial charge on any atom is -0.458 e. The Bertz CT molecular complexity index is 1090. The number of hydrogen-bond acceptors (Lipinski definition) is 8. The quantitative estimate of drug-likeness (QED) is 0.484. The summed E-state index contributed by atoms with van der Waals surface area (Å²) in [6.45, 7) is 1.24. The molecule has 3 heterocycles. The topological polar surface area (TPSA) is 139 Å². The molecule has 0 bridgehead atoms. The maximum atomic E-state index is 13.4. The first-order chi connectivity index (χ1) is 16.5. The number of aromatic nitrogens is 5. The van der Waals surface area contributed by atoms with Crippen molar-refractivity contribution in [3.8, 4) is 11.6 Å². The van der Waals surface area contributed by atoms with Gasteiger partial charge in [-0.15, -0.1) is 10.2 Å². The number of tetrazole rings is 1. The molecule has 0 radical (unpaired) electrons. The van der Waals surface area contributed by atoms with Crippen LogP contribution in [-0.4, -0.2) is 66.2 Å². The first kappa shape index (κ1) is 23.6. The highest BCUT2D eigenvalue weighted by Crippen LogP contribution is 2.24. The molecule has 0 unspecified atom stereocenters. The summed E-state index contributed by atoms with van der Waals surface area (Å²) in [7, 11) is 0. The normalized spacial score (nSPS) is 15.1. The summed E-state index contributed by atoms with van der Waals surface area (Å²) in [5.74, 6) is 0.716. The number of rotatable bonds is 9. The fourth-order valence-electron chi connectivity index (χ4n) is 4.23. The molecule has 180 valence electrons. The van der Waals surface area contributed by atoms with Crippen molar-refractivity contribution in [1.82, 2.24) is 35.4 Å². The molecule has 1 aliphatic carbocycles. The van der Waals surface area contributed by atoms with E-state index in [0.717, 1.165) is 30.5 Å². The highest BCUT2D eigenvalue weighted by Gasteiger charge is 2.33. The standard InChI is InChI=1S/C23H29N7O4/c1-16-7-8-19(34-16)22-26-28-30(27-22)15-20(32)29(13-14-31)21(17-9-11-24-12-10-17)23(33)25-18-5-3-2-4-6-18/h7-12,18,21,31H,2-6,13-15H2,1H3,(H,25,33)/t21-/m0/s1. The third kappa shape index (κ3) is 5.66. The molecule has 1 aliphatic rings. The lowest BCUT2D eigenvalue weighted by molar-refractivity contribution is -0.142. The molecule has 3 aromatic heterocycles. The third-order valence-corrected chi connectivity index (χ3v) is 5.88. The van der Waals surface area contributed by atoms with Crippen LogP contribution in [0.3, 0.4) is 0 Å². The molecule has 0 aliphatic heterocycles. The predicted molar refractivity (Wildman–Crippen MR) is 121 cm³/mol. The van der Waals surface area contributed by atoms with E-state index in [0.29, 0.717) is 17.1 Å². The lowest BCUT2D eigenvalue weighted by Gasteiger charge is -2.32. The second-order valence-electron chi connectivity index (χ2n) is 8.39. The van der Waals surface area contributed by atoms with Gasteiger partial charge in [-0.2, -0.15) is 4.80 Å². The number of aliphatic hydroxyl groups excluding tert-OH is 1. The van der Waals surface area contributed by atoms with Crippen LogP contribution in [0.1, 0.15) is 49.5 Å². The molecule has 1 atom stereocenters. The van der Waals surface area contributed by atoms with Crippen LogP contribution < -0.4 is 5.32 Å². The molecule has 1 saturated carbocycles. The SMILES string of the molecule is Cc1ccc(-c2nnn(CC(=O)N(CCO)[C@H](C(=O)NC3CCCCC3)c3ccncc3)n2)o1. The van der Waals surface area contributed by atoms with E-state index < -0.39 is 11.9 Å². The number of carbonyl (C=O) groups excluding carboxylic acids is 2. The average molecular weight is 468 g/mol. The molecule has 2 N–H and O–H groups in total. The molecule has 1 fully saturated rings. The van der Waals surface area contributed by atoms with Crippen LogP contribution in [0.2, 0.25) is 0 Å². The number of amides is 2. The minimum atomic E-state index is -0.916. The summed E-state index contributed by atoms with van der Waals surface area (Å²) in [6.07, 6.45) is 8.29. The van der Waals surface area contributed by atoms with Crippen LogP contribution >= 0.6 is 0 Å². The van der Waals surface area contributed by atoms with Crippen molar-refractivity contribution < 1.29 is 19.1 Å². The first-order valence-electron chi connectivity index (χ1n) is 11.5. The van der Waals surface area contributed by atoms with E-state index in [2.05, 4.69) is 25.7 Å². The van der Waals surface area contributed by atoms with Gasteiger partial charge in [-0.05, 0) is 54.8 Å². The van der Waals surface area contributed by atoms with E-state index in [-0.39, 0.29) is 37.5 Å². The maximum Gasteiger partial charge on any atom is 0.247 e. The van der Waals surface area contributed by atoms with E-state index in [4.69, 9.17) is 4.42 Å². The molecular formula is C23H29N7O4. The predicted octanol–water partition coefficient (Wildman–Crippen LogP) is 1.65. The summed E-state index contributed by atoms with van der Waals surface area (Å²) in [4.78, 5) is 33.3. The lowest BCUT2D eigenvalue weighted by Crippen LogP contribution is -2.48. The van der Waals surface area contributed by atoms with Crippen molar-refractivity contribution in [3.63, 3.8) is 0 Å². The second-order valence-corrected chi connectivity index (χ2v) is 8.39. The van der Waals surface area contributed by atoms with E-state index in [1.807, 2.05) is 6.92 Å². The minimum absolute atomic E-state index is 0.0250. The van der Waals surface area contributed by atoms with E-state index in [1.165, 1.54) is 11.3 Å². The van der Waals surface area contributed by atoms with Crippen molar-refractivity contribution in [2.45, 2.75) is 57.7 Å². The largest absolute Gasteiger partial charge is 0.458 e. The highest BCUT2D eigenvalue weighted by molar-refractivity contribution is 5.88. The van der Waals surface area contributed by atoms with Crippen molar-refractivity contribution in [1.29, 1.82) is 0 Å². The molecule has 34 heavy (non-hydrogen) atoms. The van der Waals surface area contributed by atoms with Crippen LogP contribution in [-0.2, 0) is 16.1 Å². The Morgan fingerprint density at radius 1 is 1.21 bits per heavy atom. The summed E-state index contributed by atoms with van der Waals surface area (Å²) in [6, 6.07) is 6.08. The van der Waals surface area contributed by atoms with Gasteiger partial charge in [0.05, 0.1) is 6.61 Å². The number of aryl methyl sites for hydroxylation is 1. The van der Waals surface area contributed by atoms with Crippen LogP contribution in [0, 0.1) is 6.92 Å². The fraction of sp³-hybridized carbons (Fsp3) is 0.478. The third-order valence-electron chi connectivity index (χ3n) is 5.88. The Labute approximate surface area is 197 Å². The van der Waals surface area contributed by atoms with Crippen LogP contribution in [0.4, 0.5) is 0 Å². The number of carbonyl (C=O) groups is 2. The molecular weight excluding hydrogens is 438 g/mol. The Morgan fingerprint density at radius 2 is 1.97 bits per heavy atom. The Hall–Kier alpha value is -3.60. The molecule has 3 aromatic rings. The first-order valence-corrected chi connectivity index (χ1v) is 11.5. The smallest absolute Gasteiger partial charge is 0.247 e. The van der Waals surface area contributed by atoms with Gasteiger partial charge in [0.15, 0.2) is 5.76 Å². The van der Waals surface area contributed by atoms with Crippen molar-refractivity contribution >= 4 is 11.8 Å². The molecule has 11 nitrogen and oxygen atoms in total. The maximum absolute atomic E-state index is 13.4. The molecule has 0 aromatic carbocycles. The van der Waals surface area contributed by atoms with E-state index >= 15 is 0 Å². The number of nitrogens with zero attached hydrogens (tertiary/aromatic N) is 6. The van der Waals surface area contributed by atoms with Gasteiger partial charge in [-0.1, -0.05) is 19.3 Å². The van der Waals surface area contributed by atoms with Gasteiger partial charge in [-0.3, -0.25) is 14.6 Å². The fourth-order valence-corrected chi connectivity index (χ4v) is 4.23. The van der Waals surface area contributed by atoms with Crippen LogP contribution in [0.25, 0.3) is 11.6 Å². The summed E-state index contributed by atoms with van der Waals surface area (Å²) in [5.41, 5.74) is 0.614.